The molecule has 0 radical (unpaired) electrons. The van der Waals surface area contributed by atoms with Crippen LogP contribution >= 0.6 is 0 Å². The number of methoxy groups -OCH3 is 2. The van der Waals surface area contributed by atoms with E-state index in [1.165, 1.54) is 12.1 Å². The first-order chi connectivity index (χ1) is 15.6. The molecule has 1 aliphatic heterocycles. The average Bonchev–Trinajstić information content (AvgIpc) is 3.30. The summed E-state index contributed by atoms with van der Waals surface area (Å²) in [6.07, 6.45) is 1.79. The minimum Gasteiger partial charge on any atom is -0.497 e. The van der Waals surface area contributed by atoms with Crippen LogP contribution < -0.4 is 14.8 Å². The first kappa shape index (κ1) is 21.8. The zero-order chi connectivity index (χ0) is 22.5. The fourth-order valence-corrected chi connectivity index (χ4v) is 3.84. The number of hydrogen-bond donors (Lipinski definition) is 1. The SMILES string of the molecule is COc1ccc(NC(=O)CN2CCCC(c3nc(-c4cccc(F)c4)no3)C2)c(OC)c1. The van der Waals surface area contributed by atoms with Gasteiger partial charge in [-0.2, -0.15) is 4.98 Å². The summed E-state index contributed by atoms with van der Waals surface area (Å²) in [6.45, 7) is 1.66. The van der Waals surface area contributed by atoms with E-state index in [1.807, 2.05) is 0 Å². The number of amides is 1. The van der Waals surface area contributed by atoms with Crippen molar-refractivity contribution in [3.8, 4) is 22.9 Å². The molecule has 3 aromatic rings. The minimum absolute atomic E-state index is 0.0156. The van der Waals surface area contributed by atoms with Crippen LogP contribution in [0.5, 0.6) is 11.5 Å². The van der Waals surface area contributed by atoms with E-state index in [1.54, 1.807) is 44.6 Å². The highest BCUT2D eigenvalue weighted by Crippen LogP contribution is 2.30. The Morgan fingerprint density at radius 1 is 1.25 bits per heavy atom. The van der Waals surface area contributed by atoms with Gasteiger partial charge in [-0.1, -0.05) is 17.3 Å². The number of anilines is 1. The van der Waals surface area contributed by atoms with Gasteiger partial charge in [-0.05, 0) is 43.7 Å². The number of nitrogens with zero attached hydrogens (tertiary/aromatic N) is 3. The predicted molar refractivity (Wildman–Crippen MR) is 116 cm³/mol. The number of carbonyl (C=O) groups excluding carboxylic acids is 1. The molecule has 9 heteroatoms. The maximum atomic E-state index is 13.5. The fraction of sp³-hybridized carbons (Fsp3) is 0.348. The Labute approximate surface area is 185 Å². The summed E-state index contributed by atoms with van der Waals surface area (Å²) < 4.78 is 29.5. The smallest absolute Gasteiger partial charge is 0.238 e. The molecular formula is C23H25FN4O4. The molecule has 1 N–H and O–H groups in total. The molecule has 1 aromatic heterocycles. The molecule has 2 aromatic carbocycles. The summed E-state index contributed by atoms with van der Waals surface area (Å²) >= 11 is 0. The lowest BCUT2D eigenvalue weighted by atomic mass is 9.98. The van der Waals surface area contributed by atoms with Crippen molar-refractivity contribution < 1.29 is 23.2 Å². The third-order valence-electron chi connectivity index (χ3n) is 5.43. The second kappa shape index (κ2) is 9.78. The summed E-state index contributed by atoms with van der Waals surface area (Å²) in [5.74, 6) is 1.58. The van der Waals surface area contributed by atoms with Crippen LogP contribution in [0.2, 0.25) is 0 Å². The van der Waals surface area contributed by atoms with Crippen molar-refractivity contribution in [1.82, 2.24) is 15.0 Å². The van der Waals surface area contributed by atoms with E-state index < -0.39 is 0 Å². The van der Waals surface area contributed by atoms with Crippen LogP contribution in [0.4, 0.5) is 10.1 Å². The number of halogens is 1. The second-order valence-corrected chi connectivity index (χ2v) is 7.66. The van der Waals surface area contributed by atoms with Gasteiger partial charge in [0.05, 0.1) is 32.4 Å². The zero-order valence-electron chi connectivity index (χ0n) is 18.0. The Hall–Kier alpha value is -3.46. The monoisotopic (exact) mass is 440 g/mol. The third-order valence-corrected chi connectivity index (χ3v) is 5.43. The molecule has 1 fully saturated rings. The van der Waals surface area contributed by atoms with Gasteiger partial charge in [0.25, 0.3) is 0 Å². The first-order valence-electron chi connectivity index (χ1n) is 10.4. The summed E-state index contributed by atoms with van der Waals surface area (Å²) in [5.41, 5.74) is 1.16. The number of ether oxygens (including phenoxy) is 2. The van der Waals surface area contributed by atoms with Crippen molar-refractivity contribution in [2.24, 2.45) is 0 Å². The zero-order valence-corrected chi connectivity index (χ0v) is 18.0. The highest BCUT2D eigenvalue weighted by Gasteiger charge is 2.27. The van der Waals surface area contributed by atoms with Gasteiger partial charge < -0.3 is 19.3 Å². The number of nitrogens with one attached hydrogen (secondary N) is 1. The summed E-state index contributed by atoms with van der Waals surface area (Å²) in [4.78, 5) is 19.2. The highest BCUT2D eigenvalue weighted by molar-refractivity contribution is 5.93. The van der Waals surface area contributed by atoms with Crippen molar-refractivity contribution in [1.29, 1.82) is 0 Å². The first-order valence-corrected chi connectivity index (χ1v) is 10.4. The molecule has 1 unspecified atom stereocenters. The van der Waals surface area contributed by atoms with E-state index in [-0.39, 0.29) is 24.2 Å². The van der Waals surface area contributed by atoms with Gasteiger partial charge in [0, 0.05) is 18.2 Å². The maximum absolute atomic E-state index is 13.5. The molecular weight excluding hydrogens is 415 g/mol. The number of benzene rings is 2. The highest BCUT2D eigenvalue weighted by atomic mass is 19.1. The summed E-state index contributed by atoms with van der Waals surface area (Å²) in [5, 5.41) is 6.90. The molecule has 1 atom stereocenters. The molecule has 0 bridgehead atoms. The number of rotatable bonds is 7. The van der Waals surface area contributed by atoms with Crippen LogP contribution in [0.1, 0.15) is 24.7 Å². The Balaban J connectivity index is 1.38. The Bertz CT molecular complexity index is 1090. The molecule has 1 amide bonds. The van der Waals surface area contributed by atoms with E-state index in [0.29, 0.717) is 41.0 Å². The molecule has 32 heavy (non-hydrogen) atoms. The average molecular weight is 440 g/mol. The van der Waals surface area contributed by atoms with Crippen LogP contribution in [0.3, 0.4) is 0 Å². The molecule has 1 saturated heterocycles. The lowest BCUT2D eigenvalue weighted by Gasteiger charge is -2.30. The molecule has 0 aliphatic carbocycles. The van der Waals surface area contributed by atoms with Crippen molar-refractivity contribution in [3.05, 3.63) is 54.2 Å². The molecule has 0 saturated carbocycles. The number of hydrogen-bond acceptors (Lipinski definition) is 7. The molecule has 8 nitrogen and oxygen atoms in total. The van der Waals surface area contributed by atoms with E-state index in [4.69, 9.17) is 14.0 Å². The van der Waals surface area contributed by atoms with Crippen LogP contribution in [-0.2, 0) is 4.79 Å². The van der Waals surface area contributed by atoms with E-state index >= 15 is 0 Å². The molecule has 1 aliphatic rings. The van der Waals surface area contributed by atoms with Crippen LogP contribution in [0, 0.1) is 5.82 Å². The Kier molecular flexibility index (Phi) is 6.65. The van der Waals surface area contributed by atoms with Crippen LogP contribution in [0.25, 0.3) is 11.4 Å². The van der Waals surface area contributed by atoms with Gasteiger partial charge >= 0.3 is 0 Å². The van der Waals surface area contributed by atoms with Crippen molar-refractivity contribution >= 4 is 11.6 Å². The van der Waals surface area contributed by atoms with Gasteiger partial charge in [0.15, 0.2) is 0 Å². The van der Waals surface area contributed by atoms with Gasteiger partial charge in [0.2, 0.25) is 17.6 Å². The molecule has 0 spiro atoms. The number of piperidine rings is 1. The molecule has 4 rings (SSSR count). The number of likely N-dealkylation sites (tertiary alicyclic amines) is 1. The number of carbonyl (C=O) groups is 1. The van der Waals surface area contributed by atoms with Crippen molar-refractivity contribution in [2.45, 2.75) is 18.8 Å². The van der Waals surface area contributed by atoms with Crippen molar-refractivity contribution in [3.63, 3.8) is 0 Å². The van der Waals surface area contributed by atoms with Gasteiger partial charge in [0.1, 0.15) is 17.3 Å². The second-order valence-electron chi connectivity index (χ2n) is 7.66. The quantitative estimate of drug-likeness (QED) is 0.599. The van der Waals surface area contributed by atoms with Gasteiger partial charge in [-0.25, -0.2) is 4.39 Å². The maximum Gasteiger partial charge on any atom is 0.238 e. The Morgan fingerprint density at radius 3 is 2.91 bits per heavy atom. The third kappa shape index (κ3) is 5.05. The van der Waals surface area contributed by atoms with Crippen molar-refractivity contribution in [2.75, 3.05) is 39.2 Å². The van der Waals surface area contributed by atoms with Gasteiger partial charge in [-0.15, -0.1) is 0 Å². The summed E-state index contributed by atoms with van der Waals surface area (Å²) in [6, 6.07) is 11.3. The van der Waals surface area contributed by atoms with Crippen LogP contribution in [0.15, 0.2) is 47.0 Å². The van der Waals surface area contributed by atoms with E-state index in [0.717, 1.165) is 19.4 Å². The Morgan fingerprint density at radius 2 is 2.12 bits per heavy atom. The number of aromatic nitrogens is 2. The normalized spacial score (nSPS) is 16.5. The molecule has 168 valence electrons. The standard InChI is InChI=1S/C23H25FN4O4/c1-30-18-8-9-19(20(12-18)31-2)25-21(29)14-28-10-4-6-16(13-28)23-26-22(27-32-23)15-5-3-7-17(24)11-15/h3,5,7-9,11-12,16H,4,6,10,13-14H2,1-2H3,(H,25,29). The fourth-order valence-electron chi connectivity index (χ4n) is 3.84. The topological polar surface area (TPSA) is 89.7 Å². The largest absolute Gasteiger partial charge is 0.497 e. The summed E-state index contributed by atoms with van der Waals surface area (Å²) in [7, 11) is 3.12. The minimum atomic E-state index is -0.350. The van der Waals surface area contributed by atoms with Crippen LogP contribution in [-0.4, -0.2) is 54.8 Å². The molecule has 2 heterocycles. The lowest BCUT2D eigenvalue weighted by molar-refractivity contribution is -0.117. The lowest BCUT2D eigenvalue weighted by Crippen LogP contribution is -2.39. The van der Waals surface area contributed by atoms with E-state index in [2.05, 4.69) is 20.4 Å². The van der Waals surface area contributed by atoms with Gasteiger partial charge in [-0.3, -0.25) is 9.69 Å². The van der Waals surface area contributed by atoms with E-state index in [9.17, 15) is 9.18 Å². The predicted octanol–water partition coefficient (Wildman–Crippen LogP) is 3.71.